The third kappa shape index (κ3) is 2.00. The van der Waals surface area contributed by atoms with E-state index in [4.69, 9.17) is 9.47 Å². The molecule has 3 aliphatic rings. The van der Waals surface area contributed by atoms with Crippen molar-refractivity contribution in [2.75, 3.05) is 6.54 Å². The molecule has 0 aliphatic carbocycles. The molecule has 21 heavy (non-hydrogen) atoms. The van der Waals surface area contributed by atoms with Gasteiger partial charge in [0.2, 0.25) is 0 Å². The average molecular weight is 289 g/mol. The number of nitrogens with one attached hydrogen (secondary N) is 1. The van der Waals surface area contributed by atoms with E-state index in [-0.39, 0.29) is 12.2 Å². The number of aromatic hydroxyl groups is 1. The van der Waals surface area contributed by atoms with Crippen LogP contribution in [0.15, 0.2) is 0 Å². The molecule has 0 bridgehead atoms. The van der Waals surface area contributed by atoms with Crippen molar-refractivity contribution >= 4 is 0 Å². The maximum absolute atomic E-state index is 10.6. The van der Waals surface area contributed by atoms with Crippen LogP contribution in [-0.2, 0) is 12.8 Å². The monoisotopic (exact) mass is 289 g/mol. The Morgan fingerprint density at radius 2 is 1.71 bits per heavy atom. The molecule has 0 amide bonds. The van der Waals surface area contributed by atoms with Gasteiger partial charge in [-0.15, -0.1) is 0 Å². The van der Waals surface area contributed by atoms with E-state index in [0.29, 0.717) is 17.5 Å². The Morgan fingerprint density at radius 1 is 1.00 bits per heavy atom. The Kier molecular flexibility index (Phi) is 3.03. The molecule has 4 nitrogen and oxygen atoms in total. The van der Waals surface area contributed by atoms with E-state index < -0.39 is 0 Å². The fourth-order valence-corrected chi connectivity index (χ4v) is 3.99. The quantitative estimate of drug-likeness (QED) is 0.834. The minimum Gasteiger partial charge on any atom is -0.504 e. The predicted molar refractivity (Wildman–Crippen MR) is 80.3 cm³/mol. The molecule has 0 radical (unpaired) electrons. The summed E-state index contributed by atoms with van der Waals surface area (Å²) in [4.78, 5) is 0. The fraction of sp³-hybridized carbons (Fsp3) is 0.647. The lowest BCUT2D eigenvalue weighted by molar-refractivity contribution is 0.244. The molecule has 1 aromatic rings. The molecule has 3 heterocycles. The van der Waals surface area contributed by atoms with Crippen molar-refractivity contribution in [3.63, 3.8) is 0 Å². The Labute approximate surface area is 125 Å². The highest BCUT2D eigenvalue weighted by molar-refractivity contribution is 5.66. The smallest absolute Gasteiger partial charge is 0.165 e. The van der Waals surface area contributed by atoms with E-state index in [1.54, 1.807) is 0 Å². The normalized spacial score (nSPS) is 30.5. The van der Waals surface area contributed by atoms with Gasteiger partial charge in [-0.1, -0.05) is 6.42 Å². The molecule has 114 valence electrons. The van der Waals surface area contributed by atoms with Crippen LogP contribution in [0, 0.1) is 0 Å². The number of ether oxygens (including phenoxy) is 2. The summed E-state index contributed by atoms with van der Waals surface area (Å²) in [7, 11) is 0. The number of hydrogen-bond donors (Lipinski definition) is 2. The molecule has 0 aromatic heterocycles. The van der Waals surface area contributed by atoms with E-state index in [9.17, 15) is 5.11 Å². The van der Waals surface area contributed by atoms with Gasteiger partial charge in [0, 0.05) is 35.6 Å². The van der Waals surface area contributed by atoms with Gasteiger partial charge in [0.1, 0.15) is 18.0 Å². The first-order valence-corrected chi connectivity index (χ1v) is 8.12. The molecule has 3 unspecified atom stereocenters. The van der Waals surface area contributed by atoms with Gasteiger partial charge >= 0.3 is 0 Å². The van der Waals surface area contributed by atoms with E-state index >= 15 is 0 Å². The standard InChI is InChI=1S/C17H23NO3/c1-9-7-11-14(13-5-3-4-6-18-13)16-12(8-10(2)20-16)15(19)17(11)21-9/h9-10,13,18-19H,3-8H2,1-2H3. The van der Waals surface area contributed by atoms with Gasteiger partial charge in [0.25, 0.3) is 0 Å². The molecule has 4 rings (SSSR count). The van der Waals surface area contributed by atoms with Crippen LogP contribution in [-0.4, -0.2) is 23.9 Å². The molecule has 0 saturated carbocycles. The second kappa shape index (κ2) is 4.80. The van der Waals surface area contributed by atoms with Crippen LogP contribution in [0.3, 0.4) is 0 Å². The van der Waals surface area contributed by atoms with Crippen LogP contribution < -0.4 is 14.8 Å². The van der Waals surface area contributed by atoms with E-state index in [1.807, 2.05) is 0 Å². The van der Waals surface area contributed by atoms with Crippen molar-refractivity contribution in [1.29, 1.82) is 0 Å². The zero-order valence-corrected chi connectivity index (χ0v) is 12.7. The lowest BCUT2D eigenvalue weighted by Gasteiger charge is -2.27. The summed E-state index contributed by atoms with van der Waals surface area (Å²) >= 11 is 0. The van der Waals surface area contributed by atoms with Crippen LogP contribution in [0.4, 0.5) is 0 Å². The van der Waals surface area contributed by atoms with Crippen molar-refractivity contribution in [2.45, 2.75) is 64.2 Å². The first-order valence-electron chi connectivity index (χ1n) is 8.12. The minimum absolute atomic E-state index is 0.133. The Hall–Kier alpha value is -1.42. The average Bonchev–Trinajstić information content (AvgIpc) is 3.03. The van der Waals surface area contributed by atoms with Gasteiger partial charge in [-0.25, -0.2) is 0 Å². The summed E-state index contributed by atoms with van der Waals surface area (Å²) in [5, 5.41) is 14.2. The molecular weight excluding hydrogens is 266 g/mol. The van der Waals surface area contributed by atoms with Crippen molar-refractivity contribution in [3.05, 3.63) is 16.7 Å². The number of fused-ring (bicyclic) bond motifs is 2. The molecule has 3 aliphatic heterocycles. The lowest BCUT2D eigenvalue weighted by atomic mass is 9.88. The lowest BCUT2D eigenvalue weighted by Crippen LogP contribution is -2.28. The molecule has 3 atom stereocenters. The summed E-state index contributed by atoms with van der Waals surface area (Å²) in [5.41, 5.74) is 3.36. The highest BCUT2D eigenvalue weighted by Gasteiger charge is 2.38. The number of hydrogen-bond acceptors (Lipinski definition) is 4. The maximum atomic E-state index is 10.6. The minimum atomic E-state index is 0.133. The Morgan fingerprint density at radius 3 is 2.43 bits per heavy atom. The molecule has 1 aromatic carbocycles. The van der Waals surface area contributed by atoms with Crippen LogP contribution >= 0.6 is 0 Å². The summed E-state index contributed by atoms with van der Waals surface area (Å²) < 4.78 is 12.0. The van der Waals surface area contributed by atoms with Crippen molar-refractivity contribution in [2.24, 2.45) is 0 Å². The van der Waals surface area contributed by atoms with Gasteiger partial charge in [0.15, 0.2) is 11.5 Å². The van der Waals surface area contributed by atoms with E-state index in [0.717, 1.165) is 42.7 Å². The van der Waals surface area contributed by atoms with E-state index in [1.165, 1.54) is 18.4 Å². The summed E-state index contributed by atoms with van der Waals surface area (Å²) in [6, 6.07) is 0.334. The first kappa shape index (κ1) is 13.3. The zero-order valence-electron chi connectivity index (χ0n) is 12.7. The third-order valence-corrected chi connectivity index (χ3v) is 4.90. The fourth-order valence-electron chi connectivity index (χ4n) is 3.99. The molecule has 4 heteroatoms. The second-order valence-electron chi connectivity index (χ2n) is 6.65. The van der Waals surface area contributed by atoms with Crippen molar-refractivity contribution in [1.82, 2.24) is 5.32 Å². The largest absolute Gasteiger partial charge is 0.504 e. The predicted octanol–water partition coefficient (Wildman–Crippen LogP) is 2.85. The van der Waals surface area contributed by atoms with Gasteiger partial charge in [-0.3, -0.25) is 0 Å². The van der Waals surface area contributed by atoms with Gasteiger partial charge in [-0.2, -0.15) is 0 Å². The highest BCUT2D eigenvalue weighted by Crippen LogP contribution is 2.53. The first-order chi connectivity index (χ1) is 10.1. The highest BCUT2D eigenvalue weighted by atomic mass is 16.5. The second-order valence-corrected chi connectivity index (χ2v) is 6.65. The Bertz CT molecular complexity index is 539. The van der Waals surface area contributed by atoms with Crippen LogP contribution in [0.5, 0.6) is 17.2 Å². The molecule has 1 fully saturated rings. The van der Waals surface area contributed by atoms with Crippen molar-refractivity contribution < 1.29 is 14.6 Å². The van der Waals surface area contributed by atoms with Crippen LogP contribution in [0.25, 0.3) is 0 Å². The SMILES string of the molecule is CC1Cc2c(c(O)c3c(c2C2CCCCN2)OC(C)C3)O1. The number of rotatable bonds is 1. The van der Waals surface area contributed by atoms with Gasteiger partial charge in [-0.05, 0) is 33.2 Å². The summed E-state index contributed by atoms with van der Waals surface area (Å²) in [6.45, 7) is 5.18. The summed E-state index contributed by atoms with van der Waals surface area (Å²) in [6.07, 6.45) is 5.52. The maximum Gasteiger partial charge on any atom is 0.165 e. The Balaban J connectivity index is 1.88. The molecular formula is C17H23NO3. The van der Waals surface area contributed by atoms with Crippen LogP contribution in [0.1, 0.15) is 55.8 Å². The van der Waals surface area contributed by atoms with Gasteiger partial charge < -0.3 is 19.9 Å². The molecule has 0 spiro atoms. The van der Waals surface area contributed by atoms with E-state index in [2.05, 4.69) is 19.2 Å². The number of benzene rings is 1. The van der Waals surface area contributed by atoms with Gasteiger partial charge in [0.05, 0.1) is 0 Å². The number of phenolic OH excluding ortho intramolecular Hbond substituents is 1. The number of piperidine rings is 1. The zero-order chi connectivity index (χ0) is 14.6. The number of phenols is 1. The van der Waals surface area contributed by atoms with Crippen LogP contribution in [0.2, 0.25) is 0 Å². The topological polar surface area (TPSA) is 50.7 Å². The molecule has 1 saturated heterocycles. The third-order valence-electron chi connectivity index (χ3n) is 4.90. The molecule has 2 N–H and O–H groups in total. The van der Waals surface area contributed by atoms with Crippen molar-refractivity contribution in [3.8, 4) is 17.2 Å². The summed E-state index contributed by atoms with van der Waals surface area (Å²) in [5.74, 6) is 1.95.